The summed E-state index contributed by atoms with van der Waals surface area (Å²) in [5.41, 5.74) is -2.74. The Labute approximate surface area is 180 Å². The van der Waals surface area contributed by atoms with Gasteiger partial charge in [0, 0.05) is 16.2 Å². The lowest BCUT2D eigenvalue weighted by atomic mass is 9.86. The zero-order chi connectivity index (χ0) is 21.4. The number of nitrogens with one attached hydrogen (secondary N) is 1. The van der Waals surface area contributed by atoms with Crippen LogP contribution in [-0.4, -0.2) is 21.6 Å². The highest BCUT2D eigenvalue weighted by atomic mass is 35.5. The maximum absolute atomic E-state index is 13.1. The molecule has 1 atom stereocenters. The summed E-state index contributed by atoms with van der Waals surface area (Å²) in [6.07, 6.45) is -1.67. The number of rotatable bonds is 4. The van der Waals surface area contributed by atoms with Gasteiger partial charge in [-0.2, -0.15) is 13.2 Å². The number of carbonyl (C=O) groups is 1. The van der Waals surface area contributed by atoms with Gasteiger partial charge in [0.2, 0.25) is 0 Å². The Balaban J connectivity index is 2.01. The van der Waals surface area contributed by atoms with Crippen molar-refractivity contribution in [3.8, 4) is 0 Å². The molecule has 156 valence electrons. The van der Waals surface area contributed by atoms with Crippen molar-refractivity contribution in [2.75, 3.05) is 0 Å². The van der Waals surface area contributed by atoms with E-state index < -0.39 is 40.0 Å². The van der Waals surface area contributed by atoms with E-state index in [1.54, 1.807) is 6.07 Å². The molecule has 0 saturated heterocycles. The molecule has 0 aliphatic heterocycles. The molecular weight excluding hydrogens is 452 g/mol. The third-order valence-corrected chi connectivity index (χ3v) is 5.92. The predicted molar refractivity (Wildman–Crippen MR) is 104 cm³/mol. The summed E-state index contributed by atoms with van der Waals surface area (Å²) in [4.78, 5) is 16.5. The summed E-state index contributed by atoms with van der Waals surface area (Å²) in [6.45, 7) is 0. The lowest BCUT2D eigenvalue weighted by Crippen LogP contribution is -2.45. The van der Waals surface area contributed by atoms with Crippen LogP contribution < -0.4 is 5.32 Å². The van der Waals surface area contributed by atoms with E-state index in [-0.39, 0.29) is 5.02 Å². The van der Waals surface area contributed by atoms with Crippen molar-refractivity contribution < 1.29 is 23.1 Å². The first-order valence-electron chi connectivity index (χ1n) is 8.73. The van der Waals surface area contributed by atoms with E-state index in [9.17, 15) is 23.1 Å². The van der Waals surface area contributed by atoms with Crippen LogP contribution in [0.15, 0.2) is 30.5 Å². The quantitative estimate of drug-likeness (QED) is 0.594. The number of amides is 1. The van der Waals surface area contributed by atoms with Crippen molar-refractivity contribution in [2.45, 2.75) is 43.5 Å². The summed E-state index contributed by atoms with van der Waals surface area (Å²) in [6, 6.07) is 4.26. The predicted octanol–water partition coefficient (Wildman–Crippen LogP) is 5.84. The van der Waals surface area contributed by atoms with Crippen molar-refractivity contribution in [2.24, 2.45) is 0 Å². The average molecular weight is 468 g/mol. The normalized spacial score (nSPS) is 17.2. The molecule has 2 aromatic rings. The molecule has 3 rings (SSSR count). The Morgan fingerprint density at radius 2 is 1.83 bits per heavy atom. The second-order valence-corrected chi connectivity index (χ2v) is 8.12. The summed E-state index contributed by atoms with van der Waals surface area (Å²) in [7, 11) is 0. The van der Waals surface area contributed by atoms with Gasteiger partial charge in [0.15, 0.2) is 0 Å². The lowest BCUT2D eigenvalue weighted by Gasteiger charge is -2.34. The first kappa shape index (κ1) is 22.2. The lowest BCUT2D eigenvalue weighted by molar-refractivity contribution is -0.137. The van der Waals surface area contributed by atoms with Crippen LogP contribution in [0.2, 0.25) is 15.1 Å². The van der Waals surface area contributed by atoms with Crippen LogP contribution in [0.5, 0.6) is 0 Å². The average Bonchev–Trinajstić information content (AvgIpc) is 3.08. The van der Waals surface area contributed by atoms with Gasteiger partial charge < -0.3 is 10.4 Å². The second-order valence-electron chi connectivity index (χ2n) is 6.90. The van der Waals surface area contributed by atoms with Crippen molar-refractivity contribution in [1.82, 2.24) is 10.3 Å². The maximum Gasteiger partial charge on any atom is 0.417 e. The molecule has 0 radical (unpaired) electrons. The van der Waals surface area contributed by atoms with E-state index in [0.29, 0.717) is 29.5 Å². The number of benzene rings is 1. The Kier molecular flexibility index (Phi) is 6.34. The van der Waals surface area contributed by atoms with Crippen molar-refractivity contribution in [3.05, 3.63) is 62.4 Å². The molecule has 1 amide bonds. The first-order valence-corrected chi connectivity index (χ1v) is 9.86. The minimum absolute atomic E-state index is 0.253. The number of aliphatic hydroxyl groups is 1. The van der Waals surface area contributed by atoms with Gasteiger partial charge in [-0.05, 0) is 42.7 Å². The van der Waals surface area contributed by atoms with Gasteiger partial charge in [0.1, 0.15) is 5.69 Å². The van der Waals surface area contributed by atoms with Crippen molar-refractivity contribution in [1.29, 1.82) is 0 Å². The molecule has 1 heterocycles. The maximum atomic E-state index is 13.1. The number of hydrogen-bond donors (Lipinski definition) is 2. The number of alkyl halides is 3. The summed E-state index contributed by atoms with van der Waals surface area (Å²) in [5, 5.41) is 13.5. The molecule has 1 aromatic heterocycles. The fourth-order valence-electron chi connectivity index (χ4n) is 3.53. The van der Waals surface area contributed by atoms with E-state index in [4.69, 9.17) is 34.8 Å². The number of hydrogen-bond acceptors (Lipinski definition) is 3. The Morgan fingerprint density at radius 1 is 1.17 bits per heavy atom. The van der Waals surface area contributed by atoms with Gasteiger partial charge >= 0.3 is 6.18 Å². The minimum Gasteiger partial charge on any atom is -0.387 e. The van der Waals surface area contributed by atoms with Crippen LogP contribution in [-0.2, 0) is 6.18 Å². The van der Waals surface area contributed by atoms with E-state index in [1.807, 2.05) is 0 Å². The smallest absolute Gasteiger partial charge is 0.387 e. The number of halogens is 6. The van der Waals surface area contributed by atoms with Crippen molar-refractivity contribution in [3.63, 3.8) is 0 Å². The van der Waals surface area contributed by atoms with Crippen LogP contribution in [0.4, 0.5) is 13.2 Å². The number of aromatic nitrogens is 1. The minimum atomic E-state index is -4.74. The fraction of sp³-hybridized carbons (Fsp3) is 0.368. The highest BCUT2D eigenvalue weighted by molar-refractivity contribution is 6.34. The van der Waals surface area contributed by atoms with E-state index >= 15 is 0 Å². The number of carbonyl (C=O) groups excluding carboxylic acids is 1. The topological polar surface area (TPSA) is 62.2 Å². The SMILES string of the molecule is O=C(NC(c1cc(Cl)ccc1Cl)C1(O)CCCC1)c1nccc(C(F)(F)F)c1Cl. The molecule has 10 heteroatoms. The molecule has 1 aliphatic rings. The van der Waals surface area contributed by atoms with Gasteiger partial charge in [-0.15, -0.1) is 0 Å². The van der Waals surface area contributed by atoms with Crippen molar-refractivity contribution >= 4 is 40.7 Å². The Hall–Kier alpha value is -1.54. The van der Waals surface area contributed by atoms with Gasteiger partial charge in [-0.1, -0.05) is 47.6 Å². The molecular formula is C19H16Cl3F3N2O2. The van der Waals surface area contributed by atoms with Gasteiger partial charge in [0.25, 0.3) is 5.91 Å². The standard InChI is InChI=1S/C19H16Cl3F3N2O2/c20-10-3-4-13(21)11(9-10)16(18(29)6-1-2-7-18)27-17(28)15-14(22)12(5-8-26-15)19(23,24)25/h3-5,8-9,16,29H,1-2,6-7H2,(H,27,28). The second kappa shape index (κ2) is 8.30. The molecule has 1 fully saturated rings. The van der Waals surface area contributed by atoms with Gasteiger partial charge in [-0.3, -0.25) is 4.79 Å². The van der Waals surface area contributed by atoms with Crippen LogP contribution in [0.1, 0.15) is 53.3 Å². The highest BCUT2D eigenvalue weighted by Gasteiger charge is 2.43. The molecule has 4 nitrogen and oxygen atoms in total. The van der Waals surface area contributed by atoms with Gasteiger partial charge in [-0.25, -0.2) is 4.98 Å². The summed E-state index contributed by atoms with van der Waals surface area (Å²) < 4.78 is 39.3. The van der Waals surface area contributed by atoms with Crippen LogP contribution in [0, 0.1) is 0 Å². The molecule has 29 heavy (non-hydrogen) atoms. The molecule has 1 saturated carbocycles. The molecule has 0 spiro atoms. The summed E-state index contributed by atoms with van der Waals surface area (Å²) >= 11 is 18.1. The Morgan fingerprint density at radius 3 is 2.45 bits per heavy atom. The largest absolute Gasteiger partial charge is 0.417 e. The third kappa shape index (κ3) is 4.63. The molecule has 1 aromatic carbocycles. The first-order chi connectivity index (χ1) is 13.5. The highest BCUT2D eigenvalue weighted by Crippen LogP contribution is 2.43. The zero-order valence-corrected chi connectivity index (χ0v) is 17.1. The molecule has 1 aliphatic carbocycles. The van der Waals surface area contributed by atoms with E-state index in [2.05, 4.69) is 10.3 Å². The summed E-state index contributed by atoms with van der Waals surface area (Å²) in [5.74, 6) is -0.956. The molecule has 2 N–H and O–H groups in total. The fourth-order valence-corrected chi connectivity index (χ4v) is 4.25. The number of nitrogens with zero attached hydrogens (tertiary/aromatic N) is 1. The number of pyridine rings is 1. The molecule has 1 unspecified atom stereocenters. The third-order valence-electron chi connectivity index (χ3n) is 4.96. The monoisotopic (exact) mass is 466 g/mol. The van der Waals surface area contributed by atoms with Gasteiger partial charge in [0.05, 0.1) is 22.2 Å². The van der Waals surface area contributed by atoms with Crippen LogP contribution in [0.3, 0.4) is 0 Å². The van der Waals surface area contributed by atoms with E-state index in [0.717, 1.165) is 19.0 Å². The molecule has 0 bridgehead atoms. The van der Waals surface area contributed by atoms with Crippen LogP contribution >= 0.6 is 34.8 Å². The van der Waals surface area contributed by atoms with Crippen LogP contribution in [0.25, 0.3) is 0 Å². The Bertz CT molecular complexity index is 931. The van der Waals surface area contributed by atoms with E-state index in [1.165, 1.54) is 12.1 Å². The zero-order valence-electron chi connectivity index (χ0n) is 14.9.